The second-order valence-electron chi connectivity index (χ2n) is 2.80. The fourth-order valence-electron chi connectivity index (χ4n) is 1.20. The van der Waals surface area contributed by atoms with Crippen LogP contribution in [0.1, 0.15) is 23.7 Å². The molecule has 0 amide bonds. The van der Waals surface area contributed by atoms with E-state index in [4.69, 9.17) is 0 Å². The third-order valence-corrected chi connectivity index (χ3v) is 2.80. The van der Waals surface area contributed by atoms with Crippen LogP contribution >= 0.6 is 11.3 Å². The van der Waals surface area contributed by atoms with Crippen LogP contribution in [0.4, 0.5) is 0 Å². The van der Waals surface area contributed by atoms with Gasteiger partial charge >= 0.3 is 0 Å². The summed E-state index contributed by atoms with van der Waals surface area (Å²) in [6.07, 6.45) is 2.19. The number of carbonyl (C=O) groups excluding carboxylic acids is 1. The normalized spacial score (nSPS) is 10.5. The van der Waals surface area contributed by atoms with Crippen molar-refractivity contribution in [1.82, 2.24) is 4.98 Å². The van der Waals surface area contributed by atoms with Gasteiger partial charge in [0.25, 0.3) is 0 Å². The molecule has 0 aliphatic carbocycles. The first-order chi connectivity index (χ1) is 6.31. The van der Waals surface area contributed by atoms with Crippen molar-refractivity contribution >= 4 is 27.3 Å². The number of pyridine rings is 1. The molecule has 0 aromatic carbocycles. The van der Waals surface area contributed by atoms with E-state index in [0.717, 1.165) is 15.8 Å². The van der Waals surface area contributed by atoms with Crippen molar-refractivity contribution in [2.45, 2.75) is 13.3 Å². The highest BCUT2D eigenvalue weighted by Crippen LogP contribution is 2.19. The molecule has 0 radical (unpaired) electrons. The van der Waals surface area contributed by atoms with E-state index in [0.29, 0.717) is 6.42 Å². The van der Waals surface area contributed by atoms with Gasteiger partial charge < -0.3 is 0 Å². The van der Waals surface area contributed by atoms with E-state index in [-0.39, 0.29) is 5.78 Å². The molecule has 2 heterocycles. The zero-order valence-electron chi connectivity index (χ0n) is 7.28. The van der Waals surface area contributed by atoms with Crippen molar-refractivity contribution in [1.29, 1.82) is 0 Å². The summed E-state index contributed by atoms with van der Waals surface area (Å²) in [5.74, 6) is 0.155. The number of aromatic nitrogens is 1. The molecule has 2 nitrogen and oxygen atoms in total. The second kappa shape index (κ2) is 3.26. The third-order valence-electron chi connectivity index (χ3n) is 1.95. The van der Waals surface area contributed by atoms with Gasteiger partial charge in [-0.3, -0.25) is 9.78 Å². The Hall–Kier alpha value is -1.22. The van der Waals surface area contributed by atoms with E-state index in [2.05, 4.69) is 4.98 Å². The van der Waals surface area contributed by atoms with Crippen molar-refractivity contribution in [3.63, 3.8) is 0 Å². The van der Waals surface area contributed by atoms with Gasteiger partial charge in [0.1, 0.15) is 0 Å². The van der Waals surface area contributed by atoms with E-state index in [1.54, 1.807) is 17.5 Å². The van der Waals surface area contributed by atoms with Crippen LogP contribution < -0.4 is 0 Å². The maximum absolute atomic E-state index is 11.3. The van der Waals surface area contributed by atoms with Crippen LogP contribution in [0, 0.1) is 0 Å². The summed E-state index contributed by atoms with van der Waals surface area (Å²) in [5.41, 5.74) is 1.69. The van der Waals surface area contributed by atoms with Crippen LogP contribution in [0.15, 0.2) is 23.7 Å². The van der Waals surface area contributed by atoms with Crippen LogP contribution in [0.5, 0.6) is 0 Å². The predicted octanol–water partition coefficient (Wildman–Crippen LogP) is 2.89. The Morgan fingerprint density at radius 1 is 1.62 bits per heavy atom. The minimum Gasteiger partial charge on any atom is -0.294 e. The number of fused-ring (bicyclic) bond motifs is 1. The Balaban J connectivity index is 2.54. The average molecular weight is 191 g/mol. The summed E-state index contributed by atoms with van der Waals surface area (Å²) in [6, 6.07) is 3.87. The maximum Gasteiger partial charge on any atom is 0.164 e. The molecular formula is C10H9NOS. The summed E-state index contributed by atoms with van der Waals surface area (Å²) >= 11 is 1.61. The summed E-state index contributed by atoms with van der Waals surface area (Å²) in [6.45, 7) is 1.86. The molecule has 66 valence electrons. The Kier molecular flexibility index (Phi) is 2.10. The lowest BCUT2D eigenvalue weighted by atomic mass is 10.1. The molecule has 2 rings (SSSR count). The fourth-order valence-corrected chi connectivity index (χ4v) is 1.98. The lowest BCUT2D eigenvalue weighted by Gasteiger charge is -1.96. The minimum atomic E-state index is 0.155. The highest BCUT2D eigenvalue weighted by Gasteiger charge is 2.04. The highest BCUT2D eigenvalue weighted by molar-refractivity contribution is 7.17. The van der Waals surface area contributed by atoms with Gasteiger partial charge in [-0.1, -0.05) is 6.92 Å². The first-order valence-electron chi connectivity index (χ1n) is 4.17. The van der Waals surface area contributed by atoms with Gasteiger partial charge in [0, 0.05) is 18.2 Å². The topological polar surface area (TPSA) is 30.0 Å². The van der Waals surface area contributed by atoms with Gasteiger partial charge in [-0.05, 0) is 17.5 Å². The van der Waals surface area contributed by atoms with E-state index < -0.39 is 0 Å². The molecule has 0 unspecified atom stereocenters. The van der Waals surface area contributed by atoms with Gasteiger partial charge in [-0.2, -0.15) is 0 Å². The molecule has 0 aliphatic rings. The first-order valence-corrected chi connectivity index (χ1v) is 5.05. The number of hydrogen-bond donors (Lipinski definition) is 0. The number of nitrogens with zero attached hydrogens (tertiary/aromatic N) is 1. The van der Waals surface area contributed by atoms with E-state index in [9.17, 15) is 4.79 Å². The molecule has 0 saturated carbocycles. The SMILES string of the molecule is CCC(=O)c1cnc2ccsc2c1. The monoisotopic (exact) mass is 191 g/mol. The quantitative estimate of drug-likeness (QED) is 0.683. The summed E-state index contributed by atoms with van der Waals surface area (Å²) < 4.78 is 1.08. The van der Waals surface area contributed by atoms with E-state index in [1.165, 1.54) is 0 Å². The molecule has 13 heavy (non-hydrogen) atoms. The number of thiophene rings is 1. The fraction of sp³-hybridized carbons (Fsp3) is 0.200. The van der Waals surface area contributed by atoms with E-state index in [1.807, 2.05) is 24.4 Å². The first kappa shape index (κ1) is 8.38. The summed E-state index contributed by atoms with van der Waals surface area (Å²) in [5, 5.41) is 1.98. The smallest absolute Gasteiger partial charge is 0.164 e. The maximum atomic E-state index is 11.3. The van der Waals surface area contributed by atoms with Gasteiger partial charge in [-0.25, -0.2) is 0 Å². The molecule has 0 spiro atoms. The number of rotatable bonds is 2. The molecular weight excluding hydrogens is 182 g/mol. The minimum absolute atomic E-state index is 0.155. The van der Waals surface area contributed by atoms with Crippen molar-refractivity contribution in [3.05, 3.63) is 29.3 Å². The van der Waals surface area contributed by atoms with Crippen LogP contribution in [0.25, 0.3) is 10.2 Å². The molecule has 0 saturated heterocycles. The Morgan fingerprint density at radius 3 is 3.23 bits per heavy atom. The molecule has 2 aromatic rings. The van der Waals surface area contributed by atoms with Gasteiger partial charge in [0.15, 0.2) is 5.78 Å². The second-order valence-corrected chi connectivity index (χ2v) is 3.75. The number of ketones is 1. The largest absolute Gasteiger partial charge is 0.294 e. The van der Waals surface area contributed by atoms with Crippen LogP contribution in [0.3, 0.4) is 0 Å². The van der Waals surface area contributed by atoms with Gasteiger partial charge in [0.2, 0.25) is 0 Å². The molecule has 0 atom stereocenters. The zero-order chi connectivity index (χ0) is 9.26. The average Bonchev–Trinajstić information content (AvgIpc) is 2.63. The lowest BCUT2D eigenvalue weighted by molar-refractivity contribution is 0.0988. The molecule has 0 bridgehead atoms. The third kappa shape index (κ3) is 1.47. The van der Waals surface area contributed by atoms with Crippen molar-refractivity contribution in [2.24, 2.45) is 0 Å². The Bertz CT molecular complexity index is 447. The molecule has 2 aromatic heterocycles. The van der Waals surface area contributed by atoms with Crippen LogP contribution in [-0.4, -0.2) is 10.8 Å². The van der Waals surface area contributed by atoms with Crippen LogP contribution in [0.2, 0.25) is 0 Å². The number of Topliss-reactive ketones (excluding diaryl/α,β-unsaturated/α-hetero) is 1. The van der Waals surface area contributed by atoms with Crippen molar-refractivity contribution in [3.8, 4) is 0 Å². The Morgan fingerprint density at radius 2 is 2.46 bits per heavy atom. The predicted molar refractivity (Wildman–Crippen MR) is 54.2 cm³/mol. The summed E-state index contributed by atoms with van der Waals surface area (Å²) in [7, 11) is 0. The highest BCUT2D eigenvalue weighted by atomic mass is 32.1. The number of hydrogen-bond acceptors (Lipinski definition) is 3. The van der Waals surface area contributed by atoms with Crippen molar-refractivity contribution < 1.29 is 4.79 Å². The molecule has 0 fully saturated rings. The zero-order valence-corrected chi connectivity index (χ0v) is 8.10. The lowest BCUT2D eigenvalue weighted by Crippen LogP contribution is -1.96. The Labute approximate surface area is 80.2 Å². The van der Waals surface area contributed by atoms with Crippen molar-refractivity contribution in [2.75, 3.05) is 0 Å². The molecule has 0 aliphatic heterocycles. The van der Waals surface area contributed by atoms with Crippen LogP contribution in [-0.2, 0) is 0 Å². The standard InChI is InChI=1S/C10H9NOS/c1-2-9(12)7-5-10-8(11-6-7)3-4-13-10/h3-6H,2H2,1H3. The van der Waals surface area contributed by atoms with Gasteiger partial charge in [-0.15, -0.1) is 11.3 Å². The number of carbonyl (C=O) groups is 1. The molecule has 0 N–H and O–H groups in total. The van der Waals surface area contributed by atoms with E-state index >= 15 is 0 Å². The van der Waals surface area contributed by atoms with Gasteiger partial charge in [0.05, 0.1) is 10.2 Å². The molecule has 3 heteroatoms. The summed E-state index contributed by atoms with van der Waals surface area (Å²) in [4.78, 5) is 15.5.